The van der Waals surface area contributed by atoms with Crippen molar-refractivity contribution in [2.75, 3.05) is 19.6 Å². The van der Waals surface area contributed by atoms with Crippen molar-refractivity contribution in [3.8, 4) is 11.3 Å². The number of H-pyrrole nitrogens is 1. The minimum absolute atomic E-state index is 0.0747. The lowest BCUT2D eigenvalue weighted by molar-refractivity contribution is 0.158. The standard InChI is InChI=1S/C27H29F2N7O/c1-34-25-8-7-17(12-18(25)13-30-34)26-21-16-36(11-9-24(21)32-33-26)27(37)31-19-4-3-10-35(14-19)15-20-22(28)5-2-6-23(20)29/h2,5-8,12-13,19H,3-4,9-11,14-16H2,1H3,(H,31,37)(H,32,33). The molecule has 2 aromatic heterocycles. The summed E-state index contributed by atoms with van der Waals surface area (Å²) in [6.07, 6.45) is 4.23. The molecule has 4 heterocycles. The van der Waals surface area contributed by atoms with Crippen LogP contribution >= 0.6 is 0 Å². The Labute approximate surface area is 213 Å². The molecule has 4 aromatic rings. The lowest BCUT2D eigenvalue weighted by atomic mass is 10.00. The van der Waals surface area contributed by atoms with Crippen molar-refractivity contribution < 1.29 is 13.6 Å². The maximum atomic E-state index is 14.1. The van der Waals surface area contributed by atoms with Crippen molar-refractivity contribution in [3.63, 3.8) is 0 Å². The van der Waals surface area contributed by atoms with E-state index in [0.717, 1.165) is 52.8 Å². The molecule has 0 spiro atoms. The van der Waals surface area contributed by atoms with Crippen LogP contribution in [0.1, 0.15) is 29.7 Å². The highest BCUT2D eigenvalue weighted by Crippen LogP contribution is 2.30. The predicted octanol–water partition coefficient (Wildman–Crippen LogP) is 3.97. The van der Waals surface area contributed by atoms with Gasteiger partial charge in [-0.05, 0) is 43.7 Å². The van der Waals surface area contributed by atoms with Crippen LogP contribution in [0.3, 0.4) is 0 Å². The topological polar surface area (TPSA) is 82.1 Å². The summed E-state index contributed by atoms with van der Waals surface area (Å²) in [6, 6.07) is 9.89. The maximum absolute atomic E-state index is 14.1. The number of carbonyl (C=O) groups excluding carboxylic acids is 1. The Morgan fingerprint density at radius 2 is 2.03 bits per heavy atom. The zero-order valence-corrected chi connectivity index (χ0v) is 20.7. The number of fused-ring (bicyclic) bond motifs is 2. The number of benzene rings is 2. The van der Waals surface area contributed by atoms with E-state index in [9.17, 15) is 13.6 Å². The average Bonchev–Trinajstić information content (AvgIpc) is 3.49. The first kappa shape index (κ1) is 23.6. The molecule has 2 amide bonds. The van der Waals surface area contributed by atoms with Crippen LogP contribution in [0.5, 0.6) is 0 Å². The normalized spacial score (nSPS) is 18.2. The Hall–Kier alpha value is -3.79. The third kappa shape index (κ3) is 4.57. The highest BCUT2D eigenvalue weighted by atomic mass is 19.1. The van der Waals surface area contributed by atoms with Crippen molar-refractivity contribution in [1.29, 1.82) is 0 Å². The molecule has 1 atom stereocenters. The number of likely N-dealkylation sites (tertiary alicyclic amines) is 1. The Morgan fingerprint density at radius 3 is 2.86 bits per heavy atom. The SMILES string of the molecule is Cn1ncc2cc(-c3n[nH]c4c3CN(C(=O)NC3CCCN(Cc5c(F)cccc5F)C3)CC4)ccc21. The van der Waals surface area contributed by atoms with E-state index in [1.165, 1.54) is 18.2 Å². The lowest BCUT2D eigenvalue weighted by Gasteiger charge is -2.35. The summed E-state index contributed by atoms with van der Waals surface area (Å²) in [5, 5.41) is 16.3. The minimum Gasteiger partial charge on any atom is -0.334 e. The van der Waals surface area contributed by atoms with Gasteiger partial charge in [-0.15, -0.1) is 0 Å². The second-order valence-electron chi connectivity index (χ2n) is 9.97. The number of urea groups is 1. The van der Waals surface area contributed by atoms with Crippen LogP contribution in [0.25, 0.3) is 22.2 Å². The molecular weight excluding hydrogens is 476 g/mol. The van der Waals surface area contributed by atoms with Gasteiger partial charge >= 0.3 is 6.03 Å². The monoisotopic (exact) mass is 505 g/mol. The summed E-state index contributed by atoms with van der Waals surface area (Å²) in [6.45, 7) is 2.55. The summed E-state index contributed by atoms with van der Waals surface area (Å²) in [7, 11) is 1.92. The average molecular weight is 506 g/mol. The van der Waals surface area contributed by atoms with Gasteiger partial charge in [0.2, 0.25) is 0 Å². The first-order chi connectivity index (χ1) is 18.0. The van der Waals surface area contributed by atoms with E-state index in [-0.39, 0.29) is 24.2 Å². The molecule has 37 heavy (non-hydrogen) atoms. The maximum Gasteiger partial charge on any atom is 0.317 e. The number of piperidine rings is 1. The van der Waals surface area contributed by atoms with Crippen LogP contribution in [0.2, 0.25) is 0 Å². The number of nitrogens with one attached hydrogen (secondary N) is 2. The van der Waals surface area contributed by atoms with Gasteiger partial charge in [0.25, 0.3) is 0 Å². The van der Waals surface area contributed by atoms with Crippen LogP contribution in [0.15, 0.2) is 42.6 Å². The van der Waals surface area contributed by atoms with Gasteiger partial charge in [0.05, 0.1) is 24.0 Å². The fraction of sp³-hybridized carbons (Fsp3) is 0.370. The quantitative estimate of drug-likeness (QED) is 0.440. The fourth-order valence-corrected chi connectivity index (χ4v) is 5.51. The number of aromatic amines is 1. The molecule has 1 unspecified atom stereocenters. The summed E-state index contributed by atoms with van der Waals surface area (Å²) >= 11 is 0. The molecule has 10 heteroatoms. The molecule has 0 radical (unpaired) electrons. The van der Waals surface area contributed by atoms with Crippen molar-refractivity contribution in [2.24, 2.45) is 7.05 Å². The summed E-state index contributed by atoms with van der Waals surface area (Å²) in [4.78, 5) is 17.1. The smallest absolute Gasteiger partial charge is 0.317 e. The molecule has 2 aliphatic rings. The molecule has 2 N–H and O–H groups in total. The van der Waals surface area contributed by atoms with E-state index in [1.807, 2.05) is 39.9 Å². The largest absolute Gasteiger partial charge is 0.334 e. The highest BCUT2D eigenvalue weighted by Gasteiger charge is 2.29. The molecule has 192 valence electrons. The molecule has 0 aliphatic carbocycles. The molecule has 2 aromatic carbocycles. The van der Waals surface area contributed by atoms with Gasteiger partial charge in [0, 0.05) is 66.9 Å². The molecule has 1 saturated heterocycles. The lowest BCUT2D eigenvalue weighted by Crippen LogP contribution is -2.52. The van der Waals surface area contributed by atoms with Gasteiger partial charge in [-0.1, -0.05) is 12.1 Å². The van der Waals surface area contributed by atoms with Crippen LogP contribution in [0.4, 0.5) is 13.6 Å². The van der Waals surface area contributed by atoms with E-state index in [1.54, 1.807) is 0 Å². The van der Waals surface area contributed by atoms with E-state index >= 15 is 0 Å². The predicted molar refractivity (Wildman–Crippen MR) is 136 cm³/mol. The summed E-state index contributed by atoms with van der Waals surface area (Å²) < 4.78 is 30.1. The number of hydrogen-bond acceptors (Lipinski definition) is 4. The summed E-state index contributed by atoms with van der Waals surface area (Å²) in [5.74, 6) is -1.07. The van der Waals surface area contributed by atoms with Gasteiger partial charge < -0.3 is 10.2 Å². The summed E-state index contributed by atoms with van der Waals surface area (Å²) in [5.41, 5.74) is 5.06. The second kappa shape index (κ2) is 9.59. The third-order valence-electron chi connectivity index (χ3n) is 7.52. The number of aromatic nitrogens is 4. The Bertz CT molecular complexity index is 1440. The number of aryl methyl sites for hydroxylation is 1. The number of halogens is 2. The van der Waals surface area contributed by atoms with Crippen LogP contribution in [-0.4, -0.2) is 61.5 Å². The van der Waals surface area contributed by atoms with Crippen LogP contribution in [-0.2, 0) is 26.6 Å². The van der Waals surface area contributed by atoms with Gasteiger partial charge in [-0.25, -0.2) is 13.6 Å². The first-order valence-electron chi connectivity index (χ1n) is 12.6. The van der Waals surface area contributed by atoms with E-state index in [2.05, 4.69) is 26.7 Å². The van der Waals surface area contributed by atoms with Gasteiger partial charge in [0.15, 0.2) is 0 Å². The molecule has 8 nitrogen and oxygen atoms in total. The molecule has 6 rings (SSSR count). The van der Waals surface area contributed by atoms with E-state index < -0.39 is 11.6 Å². The van der Waals surface area contributed by atoms with E-state index in [4.69, 9.17) is 0 Å². The van der Waals surface area contributed by atoms with Gasteiger partial charge in [0.1, 0.15) is 11.6 Å². The molecular formula is C27H29F2N7O. The van der Waals surface area contributed by atoms with Gasteiger partial charge in [-0.3, -0.25) is 14.7 Å². The van der Waals surface area contributed by atoms with Gasteiger partial charge in [-0.2, -0.15) is 10.2 Å². The van der Waals surface area contributed by atoms with Crippen LogP contribution in [0, 0.1) is 11.6 Å². The van der Waals surface area contributed by atoms with E-state index in [0.29, 0.717) is 26.1 Å². The fourth-order valence-electron chi connectivity index (χ4n) is 5.51. The number of hydrogen-bond donors (Lipinski definition) is 2. The van der Waals surface area contributed by atoms with Crippen molar-refractivity contribution in [2.45, 2.75) is 38.4 Å². The first-order valence-corrected chi connectivity index (χ1v) is 12.6. The Morgan fingerprint density at radius 1 is 1.19 bits per heavy atom. The third-order valence-corrected chi connectivity index (χ3v) is 7.52. The van der Waals surface area contributed by atoms with Crippen molar-refractivity contribution >= 4 is 16.9 Å². The zero-order chi connectivity index (χ0) is 25.5. The number of nitrogens with zero attached hydrogens (tertiary/aromatic N) is 5. The number of amides is 2. The molecule has 1 fully saturated rings. The molecule has 0 bridgehead atoms. The minimum atomic E-state index is -0.533. The Kier molecular flexibility index (Phi) is 6.11. The number of carbonyl (C=O) groups is 1. The van der Waals surface area contributed by atoms with Crippen LogP contribution < -0.4 is 5.32 Å². The zero-order valence-electron chi connectivity index (χ0n) is 20.7. The Balaban J connectivity index is 1.13. The number of rotatable bonds is 4. The molecule has 2 aliphatic heterocycles. The van der Waals surface area contributed by atoms with Crippen molar-refractivity contribution in [3.05, 3.63) is 71.1 Å². The molecule has 0 saturated carbocycles. The second-order valence-corrected chi connectivity index (χ2v) is 9.97. The highest BCUT2D eigenvalue weighted by molar-refractivity contribution is 5.84. The van der Waals surface area contributed by atoms with Crippen molar-refractivity contribution in [1.82, 2.24) is 35.1 Å².